The smallest absolute Gasteiger partial charge is 0.421 e. The SMILES string of the molecule is Cc1ccc(C#CCC(NC2=NCCS2)c2cccc3c2OC(F)(F)C(F)(F)O3)c(Cl)c1. The van der Waals surface area contributed by atoms with Gasteiger partial charge in [-0.1, -0.05) is 53.4 Å². The van der Waals surface area contributed by atoms with Crippen LogP contribution in [0.1, 0.15) is 29.2 Å². The van der Waals surface area contributed by atoms with Crippen molar-refractivity contribution in [1.82, 2.24) is 5.32 Å². The second-order valence-corrected chi connectivity index (χ2v) is 8.62. The zero-order valence-electron chi connectivity index (χ0n) is 16.7. The fourth-order valence-corrected chi connectivity index (χ4v) is 4.23. The maximum Gasteiger partial charge on any atom is 0.507 e. The van der Waals surface area contributed by atoms with Crippen molar-refractivity contribution in [3.8, 4) is 23.3 Å². The van der Waals surface area contributed by atoms with Crippen molar-refractivity contribution in [1.29, 1.82) is 0 Å². The molecular weight excluding hydrogens is 468 g/mol. The molecule has 2 heterocycles. The standard InChI is InChI=1S/C22H17ClF4N2O2S/c1-13-8-9-14(16(23)12-13)4-2-6-17(29-20-28-10-11-32-20)15-5-3-7-18-19(15)31-22(26,27)21(24,25)30-18/h3,5,7-9,12,17H,6,10-11H2,1H3,(H,28,29). The minimum Gasteiger partial charge on any atom is -0.421 e. The van der Waals surface area contributed by atoms with Gasteiger partial charge in [0.2, 0.25) is 0 Å². The second-order valence-electron chi connectivity index (χ2n) is 7.13. The third-order valence-corrected chi connectivity index (χ3v) is 5.95. The van der Waals surface area contributed by atoms with Crippen LogP contribution in [0.15, 0.2) is 41.4 Å². The van der Waals surface area contributed by atoms with Gasteiger partial charge in [0.15, 0.2) is 16.7 Å². The molecule has 2 aromatic rings. The van der Waals surface area contributed by atoms with Gasteiger partial charge in [0.05, 0.1) is 17.6 Å². The van der Waals surface area contributed by atoms with Gasteiger partial charge in [-0.3, -0.25) is 4.99 Å². The zero-order valence-corrected chi connectivity index (χ0v) is 18.3. The predicted molar refractivity (Wildman–Crippen MR) is 116 cm³/mol. The largest absolute Gasteiger partial charge is 0.507 e. The molecule has 0 bridgehead atoms. The first-order valence-electron chi connectivity index (χ1n) is 9.62. The number of hydrogen-bond donors (Lipinski definition) is 1. The third-order valence-electron chi connectivity index (χ3n) is 4.73. The molecule has 2 aliphatic rings. The van der Waals surface area contributed by atoms with Crippen molar-refractivity contribution in [3.63, 3.8) is 0 Å². The summed E-state index contributed by atoms with van der Waals surface area (Å²) >= 11 is 7.69. The van der Waals surface area contributed by atoms with Crippen LogP contribution in [0, 0.1) is 18.8 Å². The van der Waals surface area contributed by atoms with Gasteiger partial charge in [-0.15, -0.1) is 0 Å². The van der Waals surface area contributed by atoms with Crippen LogP contribution in [0.4, 0.5) is 17.6 Å². The van der Waals surface area contributed by atoms with Crippen molar-refractivity contribution >= 4 is 28.5 Å². The molecule has 0 spiro atoms. The van der Waals surface area contributed by atoms with E-state index in [1.807, 2.05) is 13.0 Å². The maximum absolute atomic E-state index is 13.9. The van der Waals surface area contributed by atoms with Crippen molar-refractivity contribution in [2.45, 2.75) is 31.6 Å². The number of halogens is 5. The van der Waals surface area contributed by atoms with E-state index >= 15 is 0 Å². The molecule has 1 atom stereocenters. The first-order valence-corrected chi connectivity index (χ1v) is 11.0. The number of amidine groups is 1. The van der Waals surface area contributed by atoms with Gasteiger partial charge < -0.3 is 14.8 Å². The average Bonchev–Trinajstić information content (AvgIpc) is 3.22. The summed E-state index contributed by atoms with van der Waals surface area (Å²) in [7, 11) is 0. The van der Waals surface area contributed by atoms with E-state index in [1.54, 1.807) is 12.1 Å². The number of hydrogen-bond acceptors (Lipinski definition) is 5. The van der Waals surface area contributed by atoms with E-state index in [4.69, 9.17) is 11.6 Å². The fraction of sp³-hybridized carbons (Fsp3) is 0.318. The number of alkyl halides is 4. The van der Waals surface area contributed by atoms with Gasteiger partial charge in [-0.05, 0) is 30.7 Å². The van der Waals surface area contributed by atoms with Crippen LogP contribution in [-0.4, -0.2) is 29.7 Å². The Morgan fingerprint density at radius 1 is 1.19 bits per heavy atom. The molecule has 0 aliphatic carbocycles. The van der Waals surface area contributed by atoms with E-state index in [2.05, 4.69) is 31.6 Å². The van der Waals surface area contributed by atoms with Crippen LogP contribution < -0.4 is 14.8 Å². The van der Waals surface area contributed by atoms with Gasteiger partial charge in [-0.2, -0.15) is 17.6 Å². The number of aliphatic imine (C=N–C) groups is 1. The molecule has 0 amide bonds. The number of aryl methyl sites for hydroxylation is 1. The number of nitrogens with zero attached hydrogens (tertiary/aromatic N) is 1. The summed E-state index contributed by atoms with van der Waals surface area (Å²) < 4.78 is 63.7. The molecule has 1 unspecified atom stereocenters. The topological polar surface area (TPSA) is 42.9 Å². The Labute approximate surface area is 191 Å². The van der Waals surface area contributed by atoms with Gasteiger partial charge in [0.25, 0.3) is 0 Å². The summed E-state index contributed by atoms with van der Waals surface area (Å²) in [6.07, 6.45) is -9.46. The van der Waals surface area contributed by atoms with Crippen molar-refractivity contribution in [2.24, 2.45) is 4.99 Å². The summed E-state index contributed by atoms with van der Waals surface area (Å²) in [4.78, 5) is 4.31. The predicted octanol–water partition coefficient (Wildman–Crippen LogP) is 5.78. The molecule has 32 heavy (non-hydrogen) atoms. The number of fused-ring (bicyclic) bond motifs is 1. The van der Waals surface area contributed by atoms with Gasteiger partial charge in [-0.25, -0.2) is 0 Å². The summed E-state index contributed by atoms with van der Waals surface area (Å²) in [6.45, 7) is 2.52. The van der Waals surface area contributed by atoms with E-state index in [1.165, 1.54) is 23.9 Å². The fourth-order valence-electron chi connectivity index (χ4n) is 3.16. The molecule has 0 radical (unpaired) electrons. The molecule has 0 fully saturated rings. The van der Waals surface area contributed by atoms with Crippen LogP contribution in [0.25, 0.3) is 0 Å². The molecule has 0 saturated carbocycles. The monoisotopic (exact) mass is 484 g/mol. The zero-order chi connectivity index (χ0) is 22.9. The Morgan fingerprint density at radius 3 is 2.69 bits per heavy atom. The van der Waals surface area contributed by atoms with Crippen molar-refractivity contribution < 1.29 is 27.0 Å². The van der Waals surface area contributed by atoms with Crippen molar-refractivity contribution in [2.75, 3.05) is 12.3 Å². The summed E-state index contributed by atoms with van der Waals surface area (Å²) in [5, 5.41) is 4.25. The number of thioether (sulfide) groups is 1. The lowest BCUT2D eigenvalue weighted by atomic mass is 10.0. The third kappa shape index (κ3) is 4.62. The summed E-state index contributed by atoms with van der Waals surface area (Å²) in [5.41, 5.74) is 1.81. The number of benzene rings is 2. The van der Waals surface area contributed by atoms with E-state index in [0.717, 1.165) is 17.4 Å². The Morgan fingerprint density at radius 2 is 1.97 bits per heavy atom. The van der Waals surface area contributed by atoms with Gasteiger partial charge in [0.1, 0.15) is 0 Å². The second kappa shape index (κ2) is 8.75. The molecule has 1 N–H and O–H groups in total. The number of rotatable bonds is 3. The molecular formula is C22H17ClF4N2O2S. The highest BCUT2D eigenvalue weighted by Crippen LogP contribution is 2.49. The number of para-hydroxylation sites is 1. The molecule has 0 aromatic heterocycles. The minimum atomic E-state index is -4.82. The van der Waals surface area contributed by atoms with E-state index in [-0.39, 0.29) is 12.0 Å². The summed E-state index contributed by atoms with van der Waals surface area (Å²) in [6, 6.07) is 8.85. The van der Waals surface area contributed by atoms with Crippen LogP contribution >= 0.6 is 23.4 Å². The van der Waals surface area contributed by atoms with Crippen LogP contribution in [0.5, 0.6) is 11.5 Å². The van der Waals surface area contributed by atoms with E-state index in [0.29, 0.717) is 22.3 Å². The minimum absolute atomic E-state index is 0.144. The molecule has 4 rings (SSSR count). The lowest BCUT2D eigenvalue weighted by Crippen LogP contribution is -2.52. The molecule has 2 aliphatic heterocycles. The van der Waals surface area contributed by atoms with Crippen LogP contribution in [0.3, 0.4) is 0 Å². The van der Waals surface area contributed by atoms with E-state index in [9.17, 15) is 17.6 Å². The Hall–Kier alpha value is -2.57. The average molecular weight is 485 g/mol. The van der Waals surface area contributed by atoms with E-state index < -0.39 is 29.8 Å². The van der Waals surface area contributed by atoms with Gasteiger partial charge in [0, 0.05) is 23.3 Å². The Kier molecular flexibility index (Phi) is 6.19. The van der Waals surface area contributed by atoms with Crippen LogP contribution in [0.2, 0.25) is 5.02 Å². The maximum atomic E-state index is 13.9. The normalized spacial score (nSPS) is 18.9. The molecule has 4 nitrogen and oxygen atoms in total. The number of nitrogens with one attached hydrogen (secondary N) is 1. The Balaban J connectivity index is 1.67. The summed E-state index contributed by atoms with van der Waals surface area (Å²) in [5.74, 6) is 5.80. The quantitative estimate of drug-likeness (QED) is 0.443. The Bertz CT molecular complexity index is 1130. The number of ether oxygens (including phenoxy) is 2. The highest BCUT2D eigenvalue weighted by atomic mass is 35.5. The lowest BCUT2D eigenvalue weighted by Gasteiger charge is -2.34. The van der Waals surface area contributed by atoms with Crippen LogP contribution in [-0.2, 0) is 0 Å². The highest BCUT2D eigenvalue weighted by molar-refractivity contribution is 8.14. The molecule has 2 aromatic carbocycles. The van der Waals surface area contributed by atoms with Crippen molar-refractivity contribution in [3.05, 3.63) is 58.1 Å². The molecule has 168 valence electrons. The lowest BCUT2D eigenvalue weighted by molar-refractivity contribution is -0.391. The first kappa shape index (κ1) is 22.6. The first-order chi connectivity index (χ1) is 15.2. The molecule has 0 saturated heterocycles. The van der Waals surface area contributed by atoms with Gasteiger partial charge >= 0.3 is 12.2 Å². The highest BCUT2D eigenvalue weighted by Gasteiger charge is 2.66. The molecule has 10 heteroatoms.